The summed E-state index contributed by atoms with van der Waals surface area (Å²) in [7, 11) is 1.44. The van der Waals surface area contributed by atoms with Crippen molar-refractivity contribution in [3.8, 4) is 0 Å². The highest BCUT2D eigenvalue weighted by atomic mass is 16.5. The maximum atomic E-state index is 11.5. The van der Waals surface area contributed by atoms with Crippen LogP contribution in [-0.4, -0.2) is 13.1 Å². The van der Waals surface area contributed by atoms with Gasteiger partial charge < -0.3 is 4.74 Å². The fourth-order valence-corrected chi connectivity index (χ4v) is 1.99. The van der Waals surface area contributed by atoms with Crippen molar-refractivity contribution < 1.29 is 9.53 Å². The second-order valence-electron chi connectivity index (χ2n) is 3.66. The molecule has 1 atom stereocenters. The minimum absolute atomic E-state index is 0.133. The van der Waals surface area contributed by atoms with Crippen LogP contribution in [-0.2, 0) is 21.4 Å². The van der Waals surface area contributed by atoms with Gasteiger partial charge in [-0.05, 0) is 24.5 Å². The van der Waals surface area contributed by atoms with Gasteiger partial charge in [-0.25, -0.2) is 0 Å². The molecule has 1 aliphatic rings. The fraction of sp³-hybridized carbons (Fsp3) is 0.364. The average Bonchev–Trinajstić information content (AvgIpc) is 2.15. The van der Waals surface area contributed by atoms with Crippen LogP contribution in [0.2, 0.25) is 0 Å². The van der Waals surface area contributed by atoms with E-state index < -0.39 is 5.41 Å². The van der Waals surface area contributed by atoms with E-state index in [9.17, 15) is 4.79 Å². The van der Waals surface area contributed by atoms with Crippen LogP contribution in [0.4, 0.5) is 0 Å². The van der Waals surface area contributed by atoms with Gasteiger partial charge in [-0.15, -0.1) is 0 Å². The standard InChI is InChI=1S/C11H12O2/c1-11(10(12)13-2)7-8-5-3-4-6-9(8)11/h3-6H,7H2,1-2H3. The van der Waals surface area contributed by atoms with Gasteiger partial charge in [0.2, 0.25) is 0 Å². The Kier molecular flexibility index (Phi) is 1.65. The van der Waals surface area contributed by atoms with E-state index in [-0.39, 0.29) is 5.97 Å². The van der Waals surface area contributed by atoms with Gasteiger partial charge in [0.15, 0.2) is 0 Å². The summed E-state index contributed by atoms with van der Waals surface area (Å²) in [5.41, 5.74) is 1.97. The Morgan fingerprint density at radius 2 is 2.15 bits per heavy atom. The third-order valence-electron chi connectivity index (χ3n) is 2.79. The lowest BCUT2D eigenvalue weighted by molar-refractivity contribution is -0.147. The van der Waals surface area contributed by atoms with Gasteiger partial charge in [0.25, 0.3) is 0 Å². The average molecular weight is 176 g/mol. The quantitative estimate of drug-likeness (QED) is 0.608. The number of hydrogen-bond acceptors (Lipinski definition) is 2. The van der Waals surface area contributed by atoms with Gasteiger partial charge in [0.1, 0.15) is 0 Å². The Morgan fingerprint density at radius 3 is 2.77 bits per heavy atom. The molecule has 0 amide bonds. The zero-order valence-corrected chi connectivity index (χ0v) is 7.83. The van der Waals surface area contributed by atoms with Crippen LogP contribution in [0.5, 0.6) is 0 Å². The topological polar surface area (TPSA) is 26.3 Å². The number of benzene rings is 1. The molecule has 2 heteroatoms. The maximum absolute atomic E-state index is 11.5. The van der Waals surface area contributed by atoms with E-state index in [0.717, 1.165) is 12.0 Å². The Morgan fingerprint density at radius 1 is 1.46 bits per heavy atom. The first kappa shape index (κ1) is 8.30. The summed E-state index contributed by atoms with van der Waals surface area (Å²) in [4.78, 5) is 11.5. The first-order valence-corrected chi connectivity index (χ1v) is 4.35. The van der Waals surface area contributed by atoms with Crippen LogP contribution in [0.1, 0.15) is 18.1 Å². The largest absolute Gasteiger partial charge is 0.468 e. The van der Waals surface area contributed by atoms with E-state index in [2.05, 4.69) is 6.07 Å². The minimum Gasteiger partial charge on any atom is -0.468 e. The SMILES string of the molecule is COC(=O)C1(C)Cc2ccccc21. The molecule has 1 aliphatic carbocycles. The number of hydrogen-bond donors (Lipinski definition) is 0. The normalized spacial score (nSPS) is 24.5. The predicted octanol–water partition coefficient (Wildman–Crippen LogP) is 1.67. The number of esters is 1. The van der Waals surface area contributed by atoms with Crippen molar-refractivity contribution in [2.45, 2.75) is 18.8 Å². The first-order valence-electron chi connectivity index (χ1n) is 4.35. The van der Waals surface area contributed by atoms with Crippen LogP contribution in [0.15, 0.2) is 24.3 Å². The van der Waals surface area contributed by atoms with Crippen molar-refractivity contribution in [3.05, 3.63) is 35.4 Å². The Bertz CT molecular complexity index is 357. The number of ether oxygens (including phenoxy) is 1. The summed E-state index contributed by atoms with van der Waals surface area (Å²) < 4.78 is 4.78. The number of carbonyl (C=O) groups excluding carboxylic acids is 1. The van der Waals surface area contributed by atoms with Crippen molar-refractivity contribution in [1.29, 1.82) is 0 Å². The van der Waals surface area contributed by atoms with Gasteiger partial charge in [-0.2, -0.15) is 0 Å². The van der Waals surface area contributed by atoms with Gasteiger partial charge in [-0.3, -0.25) is 4.79 Å². The van der Waals surface area contributed by atoms with E-state index in [1.165, 1.54) is 12.7 Å². The highest BCUT2D eigenvalue weighted by Gasteiger charge is 2.45. The molecule has 1 aromatic rings. The molecule has 0 saturated heterocycles. The van der Waals surface area contributed by atoms with Crippen molar-refractivity contribution in [3.63, 3.8) is 0 Å². The van der Waals surface area contributed by atoms with Crippen LogP contribution in [0, 0.1) is 0 Å². The lowest BCUT2D eigenvalue weighted by Crippen LogP contribution is -2.44. The molecule has 0 aliphatic heterocycles. The van der Waals surface area contributed by atoms with E-state index in [1.807, 2.05) is 25.1 Å². The summed E-state index contributed by atoms with van der Waals surface area (Å²) in [6, 6.07) is 8.00. The first-order chi connectivity index (χ1) is 6.18. The maximum Gasteiger partial charge on any atom is 0.316 e. The summed E-state index contributed by atoms with van der Waals surface area (Å²) in [5.74, 6) is -0.133. The molecule has 2 nitrogen and oxygen atoms in total. The minimum atomic E-state index is -0.397. The molecule has 0 N–H and O–H groups in total. The lowest BCUT2D eigenvalue weighted by atomic mass is 9.65. The molecule has 0 saturated carbocycles. The second-order valence-corrected chi connectivity index (χ2v) is 3.66. The van der Waals surface area contributed by atoms with E-state index in [0.29, 0.717) is 0 Å². The summed E-state index contributed by atoms with van der Waals surface area (Å²) in [6.45, 7) is 1.93. The van der Waals surface area contributed by atoms with E-state index in [4.69, 9.17) is 4.74 Å². The Labute approximate surface area is 77.5 Å². The summed E-state index contributed by atoms with van der Waals surface area (Å²) in [5, 5.41) is 0. The smallest absolute Gasteiger partial charge is 0.316 e. The van der Waals surface area contributed by atoms with Gasteiger partial charge in [0.05, 0.1) is 12.5 Å². The molecule has 2 rings (SSSR count). The second kappa shape index (κ2) is 2.59. The summed E-state index contributed by atoms with van der Waals surface area (Å²) >= 11 is 0. The molecule has 13 heavy (non-hydrogen) atoms. The van der Waals surface area contributed by atoms with Crippen molar-refractivity contribution in [2.24, 2.45) is 0 Å². The van der Waals surface area contributed by atoms with Gasteiger partial charge in [0, 0.05) is 0 Å². The summed E-state index contributed by atoms with van der Waals surface area (Å²) in [6.07, 6.45) is 0.801. The number of carbonyl (C=O) groups is 1. The van der Waals surface area contributed by atoms with Gasteiger partial charge in [-0.1, -0.05) is 24.3 Å². The Hall–Kier alpha value is -1.31. The van der Waals surface area contributed by atoms with Crippen LogP contribution in [0.3, 0.4) is 0 Å². The van der Waals surface area contributed by atoms with E-state index >= 15 is 0 Å². The lowest BCUT2D eigenvalue weighted by Gasteiger charge is -2.38. The molecular weight excluding hydrogens is 164 g/mol. The molecule has 0 heterocycles. The highest BCUT2D eigenvalue weighted by molar-refractivity contribution is 5.86. The molecule has 0 bridgehead atoms. The monoisotopic (exact) mass is 176 g/mol. The molecule has 1 unspecified atom stereocenters. The molecule has 0 spiro atoms. The Balaban J connectivity index is 2.39. The van der Waals surface area contributed by atoms with Crippen molar-refractivity contribution in [2.75, 3.05) is 7.11 Å². The molecule has 0 aromatic heterocycles. The third kappa shape index (κ3) is 0.981. The van der Waals surface area contributed by atoms with E-state index in [1.54, 1.807) is 0 Å². The molecule has 0 radical (unpaired) electrons. The van der Waals surface area contributed by atoms with Crippen LogP contribution >= 0.6 is 0 Å². The number of fused-ring (bicyclic) bond motifs is 1. The predicted molar refractivity (Wildman–Crippen MR) is 49.5 cm³/mol. The van der Waals surface area contributed by atoms with Crippen LogP contribution in [0.25, 0.3) is 0 Å². The number of rotatable bonds is 1. The fourth-order valence-electron chi connectivity index (χ4n) is 1.99. The zero-order chi connectivity index (χ0) is 9.47. The third-order valence-corrected chi connectivity index (χ3v) is 2.79. The number of methoxy groups -OCH3 is 1. The van der Waals surface area contributed by atoms with Gasteiger partial charge >= 0.3 is 5.97 Å². The molecular formula is C11H12O2. The van der Waals surface area contributed by atoms with Crippen molar-refractivity contribution in [1.82, 2.24) is 0 Å². The molecule has 0 fully saturated rings. The molecule has 1 aromatic carbocycles. The molecule has 68 valence electrons. The van der Waals surface area contributed by atoms with Crippen LogP contribution < -0.4 is 0 Å². The van der Waals surface area contributed by atoms with Crippen molar-refractivity contribution >= 4 is 5.97 Å². The zero-order valence-electron chi connectivity index (χ0n) is 7.83. The highest BCUT2D eigenvalue weighted by Crippen LogP contribution is 2.41.